The van der Waals surface area contributed by atoms with Crippen molar-refractivity contribution in [1.82, 2.24) is 0 Å². The van der Waals surface area contributed by atoms with Gasteiger partial charge in [-0.25, -0.2) is 0 Å². The molecule has 6 heteroatoms. The van der Waals surface area contributed by atoms with Crippen LogP contribution in [0.5, 0.6) is 0 Å². The van der Waals surface area contributed by atoms with Crippen LogP contribution in [0.3, 0.4) is 0 Å². The minimum atomic E-state index is -2.34. The van der Waals surface area contributed by atoms with Gasteiger partial charge in [-0.1, -0.05) is 63.5 Å². The zero-order chi connectivity index (χ0) is 20.1. The third-order valence-corrected chi connectivity index (χ3v) is 8.16. The molecule has 0 aliphatic rings. The molecule has 0 heterocycles. The van der Waals surface area contributed by atoms with Gasteiger partial charge in [0.15, 0.2) is 0 Å². The van der Waals surface area contributed by atoms with Crippen LogP contribution in [0.1, 0.15) is 96.3 Å². The van der Waals surface area contributed by atoms with Gasteiger partial charge in [0.25, 0.3) is 0 Å². The molecule has 0 aromatic carbocycles. The number of halogens is 1. The smallest absolute Gasteiger partial charge is 0.500 e. The molecule has 0 rings (SSSR count). The van der Waals surface area contributed by atoms with Crippen LogP contribution < -0.4 is 18.1 Å². The number of hydrogen-bond donors (Lipinski definition) is 1. The van der Waals surface area contributed by atoms with Gasteiger partial charge in [0.1, 0.15) is 0 Å². The van der Waals surface area contributed by atoms with Crippen molar-refractivity contribution in [1.29, 1.82) is 0 Å². The molecule has 0 bridgehead atoms. The Kier molecular flexibility index (Phi) is 25.3. The molecule has 0 spiro atoms. The molecule has 0 aromatic heterocycles. The van der Waals surface area contributed by atoms with E-state index in [-0.39, 0.29) is 12.4 Å². The van der Waals surface area contributed by atoms with Crippen molar-refractivity contribution in [2.75, 3.05) is 27.9 Å². The van der Waals surface area contributed by atoms with E-state index in [9.17, 15) is 0 Å². The molecular weight excluding hydrogens is 390 g/mol. The van der Waals surface area contributed by atoms with E-state index in [1.54, 1.807) is 21.3 Å². The standard InChI is InChI=1S/C22H47NO3Si.ClH/c1-24-27(25-2,26-3)22-20-18-16-14-12-10-8-6-4-5-7-9-11-13-15-17-19-21-23;/h4-5H,6-23H2,1-3H3;1H/b5-4-;. The van der Waals surface area contributed by atoms with Crippen molar-refractivity contribution >= 4 is 8.80 Å². The van der Waals surface area contributed by atoms with E-state index in [1.165, 1.54) is 89.9 Å². The largest absolute Gasteiger partial charge is 1.00 e. The number of unbranched alkanes of at least 4 members (excludes halogenated alkanes) is 13. The molecule has 0 aliphatic carbocycles. The predicted octanol–water partition coefficient (Wildman–Crippen LogP) is 2.52. The Bertz CT molecular complexity index is 321. The maximum absolute atomic E-state index is 5.46. The second kappa shape index (κ2) is 23.4. The highest BCUT2D eigenvalue weighted by atomic mass is 35.5. The normalized spacial score (nSPS) is 11.9. The first kappa shape index (κ1) is 30.3. The summed E-state index contributed by atoms with van der Waals surface area (Å²) in [6.07, 6.45) is 24.7. The van der Waals surface area contributed by atoms with E-state index in [0.717, 1.165) is 19.0 Å². The third kappa shape index (κ3) is 18.1. The van der Waals surface area contributed by atoms with Gasteiger partial charge in [0, 0.05) is 27.4 Å². The summed E-state index contributed by atoms with van der Waals surface area (Å²) < 4.78 is 16.4. The molecule has 4 nitrogen and oxygen atoms in total. The Labute approximate surface area is 182 Å². The Hall–Kier alpha value is 0.0869. The van der Waals surface area contributed by atoms with Crippen LogP contribution in [0.2, 0.25) is 6.04 Å². The second-order valence-electron chi connectivity index (χ2n) is 7.54. The van der Waals surface area contributed by atoms with Crippen molar-refractivity contribution in [3.05, 3.63) is 12.2 Å². The Morgan fingerprint density at radius 3 is 1.32 bits per heavy atom. The molecule has 170 valence electrons. The molecule has 0 unspecified atom stereocenters. The van der Waals surface area contributed by atoms with Gasteiger partial charge in [0.05, 0.1) is 6.54 Å². The van der Waals surface area contributed by atoms with Crippen molar-refractivity contribution in [2.45, 2.75) is 102 Å². The van der Waals surface area contributed by atoms with Crippen LogP contribution in [-0.2, 0) is 13.3 Å². The van der Waals surface area contributed by atoms with Gasteiger partial charge >= 0.3 is 8.80 Å². The first-order chi connectivity index (χ1) is 13.2. The summed E-state index contributed by atoms with van der Waals surface area (Å²) in [7, 11) is 2.75. The fourth-order valence-electron chi connectivity index (χ4n) is 3.43. The molecule has 0 fully saturated rings. The summed E-state index contributed by atoms with van der Waals surface area (Å²) in [5.41, 5.74) is 3.89. The molecule has 0 aliphatic heterocycles. The second-order valence-corrected chi connectivity index (χ2v) is 10.6. The van der Waals surface area contributed by atoms with Crippen LogP contribution in [0.15, 0.2) is 12.2 Å². The van der Waals surface area contributed by atoms with E-state index >= 15 is 0 Å². The fraction of sp³-hybridized carbons (Fsp3) is 0.909. The monoisotopic (exact) mass is 437 g/mol. The number of quaternary nitrogens is 1. The average molecular weight is 438 g/mol. The van der Waals surface area contributed by atoms with E-state index in [0.29, 0.717) is 0 Å². The molecule has 0 aromatic rings. The van der Waals surface area contributed by atoms with Crippen LogP contribution >= 0.6 is 0 Å². The number of allylic oxidation sites excluding steroid dienone is 2. The van der Waals surface area contributed by atoms with Crippen LogP contribution in [0.25, 0.3) is 0 Å². The SMILES string of the molecule is CO[Si](CCCCCCCCC/C=C\CCCCCCCC[NH3+])(OC)OC.[Cl-]. The van der Waals surface area contributed by atoms with Crippen LogP contribution in [-0.4, -0.2) is 36.7 Å². The summed E-state index contributed by atoms with van der Waals surface area (Å²) in [6, 6.07) is 0.928. The van der Waals surface area contributed by atoms with E-state index < -0.39 is 8.80 Å². The van der Waals surface area contributed by atoms with Crippen molar-refractivity contribution in [3.63, 3.8) is 0 Å². The Morgan fingerprint density at radius 1 is 0.571 bits per heavy atom. The molecule has 0 amide bonds. The summed E-state index contributed by atoms with van der Waals surface area (Å²) >= 11 is 0. The predicted molar refractivity (Wildman–Crippen MR) is 118 cm³/mol. The lowest BCUT2D eigenvalue weighted by Crippen LogP contribution is -3.00. The Morgan fingerprint density at radius 2 is 0.929 bits per heavy atom. The van der Waals surface area contributed by atoms with Crippen LogP contribution in [0.4, 0.5) is 0 Å². The van der Waals surface area contributed by atoms with E-state index in [4.69, 9.17) is 13.3 Å². The quantitative estimate of drug-likeness (QED) is 0.170. The highest BCUT2D eigenvalue weighted by molar-refractivity contribution is 6.60. The van der Waals surface area contributed by atoms with Crippen LogP contribution in [0, 0.1) is 0 Å². The minimum Gasteiger partial charge on any atom is -1.00 e. The van der Waals surface area contributed by atoms with Gasteiger partial charge in [-0.3, -0.25) is 0 Å². The fourth-order valence-corrected chi connectivity index (χ4v) is 5.22. The summed E-state index contributed by atoms with van der Waals surface area (Å²) in [5.74, 6) is 0. The summed E-state index contributed by atoms with van der Waals surface area (Å²) in [4.78, 5) is 0. The van der Waals surface area contributed by atoms with E-state index in [2.05, 4.69) is 17.9 Å². The molecule has 28 heavy (non-hydrogen) atoms. The van der Waals surface area contributed by atoms with Crippen molar-refractivity contribution < 1.29 is 31.4 Å². The first-order valence-corrected chi connectivity index (χ1v) is 13.3. The molecule has 0 radical (unpaired) electrons. The van der Waals surface area contributed by atoms with Crippen molar-refractivity contribution in [2.24, 2.45) is 0 Å². The lowest BCUT2D eigenvalue weighted by atomic mass is 10.1. The average Bonchev–Trinajstić information content (AvgIpc) is 2.70. The molecular formula is C22H48ClNO3Si. The lowest BCUT2D eigenvalue weighted by Gasteiger charge is -2.24. The van der Waals surface area contributed by atoms with Gasteiger partial charge in [-0.2, -0.15) is 0 Å². The topological polar surface area (TPSA) is 55.3 Å². The number of hydrogen-bond acceptors (Lipinski definition) is 3. The highest BCUT2D eigenvalue weighted by Crippen LogP contribution is 2.18. The van der Waals surface area contributed by atoms with Gasteiger partial charge < -0.3 is 31.4 Å². The maximum atomic E-state index is 5.46. The third-order valence-electron chi connectivity index (χ3n) is 5.32. The van der Waals surface area contributed by atoms with Gasteiger partial charge in [0.2, 0.25) is 0 Å². The molecule has 0 saturated heterocycles. The molecule has 0 atom stereocenters. The highest BCUT2D eigenvalue weighted by Gasteiger charge is 2.36. The van der Waals surface area contributed by atoms with Crippen molar-refractivity contribution in [3.8, 4) is 0 Å². The summed E-state index contributed by atoms with van der Waals surface area (Å²) in [5, 5.41) is 0. The van der Waals surface area contributed by atoms with Gasteiger partial charge in [-0.15, -0.1) is 0 Å². The zero-order valence-corrected chi connectivity index (χ0v) is 20.7. The lowest BCUT2D eigenvalue weighted by molar-refractivity contribution is -0.368. The van der Waals surface area contributed by atoms with E-state index in [1.807, 2.05) is 0 Å². The van der Waals surface area contributed by atoms with Gasteiger partial charge in [-0.05, 0) is 44.9 Å². The molecule has 0 saturated carbocycles. The minimum absolute atomic E-state index is 0. The first-order valence-electron chi connectivity index (χ1n) is 11.3. The Balaban J connectivity index is 0. The zero-order valence-electron chi connectivity index (χ0n) is 19.0. The maximum Gasteiger partial charge on any atom is 0.500 e. The summed E-state index contributed by atoms with van der Waals surface area (Å²) in [6.45, 7) is 1.10. The number of rotatable bonds is 21. The molecule has 3 N–H and O–H groups in total.